The van der Waals surface area contributed by atoms with Crippen LogP contribution in [0.2, 0.25) is 0 Å². The second kappa shape index (κ2) is 44.3. The Morgan fingerprint density at radius 3 is 1.40 bits per heavy atom. The van der Waals surface area contributed by atoms with Crippen LogP contribution in [0, 0.1) is 0 Å². The molecule has 0 aliphatic rings. The van der Waals surface area contributed by atoms with E-state index in [4.69, 9.17) is 13.8 Å². The summed E-state index contributed by atoms with van der Waals surface area (Å²) < 4.78 is 30.5. The van der Waals surface area contributed by atoms with E-state index in [-0.39, 0.29) is 31.5 Å². The van der Waals surface area contributed by atoms with Crippen molar-refractivity contribution in [3.8, 4) is 0 Å². The number of hydrogen-bond donors (Lipinski definition) is 2. The average Bonchev–Trinajstić information content (AvgIpc) is 3.23. The molecule has 63 heavy (non-hydrogen) atoms. The van der Waals surface area contributed by atoms with E-state index in [1.807, 2.05) is 33.3 Å². The molecular weight excluding hydrogens is 808 g/mol. The Balaban J connectivity index is 5.42. The summed E-state index contributed by atoms with van der Waals surface area (Å²) in [5, 5.41) is 3.04. The lowest BCUT2D eigenvalue weighted by atomic mass is 10.0. The van der Waals surface area contributed by atoms with E-state index in [0.29, 0.717) is 17.4 Å². The monoisotopic (exact) mass is 912 g/mol. The number of hydrogen-bond acceptors (Lipinski definition) is 6. The van der Waals surface area contributed by atoms with Crippen LogP contribution in [0.5, 0.6) is 0 Å². The Morgan fingerprint density at radius 1 is 0.540 bits per heavy atom. The molecule has 0 aromatic rings. The molecule has 0 aliphatic carbocycles. The molecule has 3 atom stereocenters. The van der Waals surface area contributed by atoms with Crippen LogP contribution in [-0.2, 0) is 27.9 Å². The fraction of sp³-hybridized carbons (Fsp3) is 0.887. The molecule has 0 spiro atoms. The number of esters is 1. The van der Waals surface area contributed by atoms with Gasteiger partial charge in [0.25, 0.3) is 0 Å². The van der Waals surface area contributed by atoms with Crippen LogP contribution in [0.1, 0.15) is 252 Å². The number of unbranched alkanes of at least 4 members (excludes halogenated alkanes) is 30. The minimum Gasteiger partial charge on any atom is -0.456 e. The molecule has 0 saturated carbocycles. The first kappa shape index (κ1) is 61.5. The molecule has 0 rings (SSSR count). The van der Waals surface area contributed by atoms with Crippen molar-refractivity contribution in [3.63, 3.8) is 0 Å². The number of quaternary nitrogens is 1. The summed E-state index contributed by atoms with van der Waals surface area (Å²) in [7, 11) is 1.50. The van der Waals surface area contributed by atoms with Gasteiger partial charge >= 0.3 is 13.8 Å². The van der Waals surface area contributed by atoms with Crippen LogP contribution in [0.3, 0.4) is 0 Å². The highest BCUT2D eigenvalue weighted by Gasteiger charge is 2.30. The SMILES string of the molecule is CCCC/C=C\CCCCCCCC(=O)OC(/C=C/CCCCCCCCCCCCC)C(COP(=O)(O)OCC[N+](C)(C)C)NC(=O)CCCCCCCCCCCCCCC. The van der Waals surface area contributed by atoms with Gasteiger partial charge in [0.15, 0.2) is 0 Å². The molecule has 9 nitrogen and oxygen atoms in total. The van der Waals surface area contributed by atoms with E-state index in [1.54, 1.807) is 0 Å². The molecule has 0 aromatic carbocycles. The third-order valence-electron chi connectivity index (χ3n) is 11.9. The minimum absolute atomic E-state index is 0.0420. The summed E-state index contributed by atoms with van der Waals surface area (Å²) in [5.41, 5.74) is 0. The van der Waals surface area contributed by atoms with Crippen molar-refractivity contribution >= 4 is 19.7 Å². The van der Waals surface area contributed by atoms with Crippen molar-refractivity contribution in [2.24, 2.45) is 0 Å². The number of nitrogens with zero attached hydrogens (tertiary/aromatic N) is 1. The number of phosphoric acid groups is 1. The van der Waals surface area contributed by atoms with Gasteiger partial charge in [-0.3, -0.25) is 18.6 Å². The third-order valence-corrected chi connectivity index (χ3v) is 12.9. The van der Waals surface area contributed by atoms with Gasteiger partial charge in [-0.1, -0.05) is 212 Å². The van der Waals surface area contributed by atoms with Crippen molar-refractivity contribution in [1.29, 1.82) is 0 Å². The van der Waals surface area contributed by atoms with Crippen LogP contribution in [0.15, 0.2) is 24.3 Å². The van der Waals surface area contributed by atoms with Gasteiger partial charge in [0, 0.05) is 12.8 Å². The summed E-state index contributed by atoms with van der Waals surface area (Å²) in [6, 6.07) is -0.843. The van der Waals surface area contributed by atoms with Gasteiger partial charge in [-0.15, -0.1) is 0 Å². The lowest BCUT2D eigenvalue weighted by molar-refractivity contribution is -0.870. The summed E-state index contributed by atoms with van der Waals surface area (Å²) >= 11 is 0. The first-order valence-corrected chi connectivity index (χ1v) is 28.2. The van der Waals surface area contributed by atoms with Crippen LogP contribution >= 0.6 is 7.82 Å². The zero-order valence-corrected chi connectivity index (χ0v) is 43.2. The zero-order chi connectivity index (χ0) is 46.5. The topological polar surface area (TPSA) is 111 Å². The Kier molecular flexibility index (Phi) is 43.3. The molecule has 0 fully saturated rings. The first-order valence-electron chi connectivity index (χ1n) is 26.7. The molecule has 0 heterocycles. The summed E-state index contributed by atoms with van der Waals surface area (Å²) in [6.45, 7) is 6.97. The van der Waals surface area contributed by atoms with Gasteiger partial charge in [0.2, 0.25) is 5.91 Å². The van der Waals surface area contributed by atoms with E-state index in [1.165, 1.54) is 135 Å². The molecule has 0 aromatic heterocycles. The maximum absolute atomic E-state index is 13.4. The Bertz CT molecular complexity index is 1140. The number of carbonyl (C=O) groups excluding carboxylic acids is 2. The molecule has 0 bridgehead atoms. The highest BCUT2D eigenvalue weighted by molar-refractivity contribution is 7.47. The van der Waals surface area contributed by atoms with E-state index in [2.05, 4.69) is 38.2 Å². The van der Waals surface area contributed by atoms with Gasteiger partial charge in [-0.2, -0.15) is 0 Å². The van der Waals surface area contributed by atoms with E-state index < -0.39 is 20.0 Å². The van der Waals surface area contributed by atoms with Gasteiger partial charge in [0.05, 0.1) is 33.8 Å². The number of carbonyl (C=O) groups is 2. The van der Waals surface area contributed by atoms with Gasteiger partial charge in [-0.05, 0) is 51.0 Å². The minimum atomic E-state index is -4.43. The molecule has 0 saturated heterocycles. The maximum Gasteiger partial charge on any atom is 0.472 e. The number of amides is 1. The van der Waals surface area contributed by atoms with Crippen molar-refractivity contribution in [2.45, 2.75) is 264 Å². The molecular formula is C53H104N2O7P+. The van der Waals surface area contributed by atoms with Gasteiger partial charge in [0.1, 0.15) is 19.3 Å². The second-order valence-electron chi connectivity index (χ2n) is 19.4. The predicted molar refractivity (Wildman–Crippen MR) is 268 cm³/mol. The molecule has 10 heteroatoms. The van der Waals surface area contributed by atoms with Crippen LogP contribution in [0.25, 0.3) is 0 Å². The van der Waals surface area contributed by atoms with Crippen molar-refractivity contribution in [3.05, 3.63) is 24.3 Å². The highest BCUT2D eigenvalue weighted by atomic mass is 31.2. The second-order valence-corrected chi connectivity index (χ2v) is 20.9. The molecule has 3 unspecified atom stereocenters. The lowest BCUT2D eigenvalue weighted by Crippen LogP contribution is -2.47. The van der Waals surface area contributed by atoms with E-state index >= 15 is 0 Å². The number of ether oxygens (including phenoxy) is 1. The summed E-state index contributed by atoms with van der Waals surface area (Å²) in [4.78, 5) is 37.4. The van der Waals surface area contributed by atoms with Crippen LogP contribution in [-0.4, -0.2) is 74.3 Å². The van der Waals surface area contributed by atoms with Gasteiger partial charge < -0.3 is 19.4 Å². The number of phosphoric ester groups is 1. The van der Waals surface area contributed by atoms with Gasteiger partial charge in [-0.25, -0.2) is 4.57 Å². The fourth-order valence-electron chi connectivity index (χ4n) is 7.69. The highest BCUT2D eigenvalue weighted by Crippen LogP contribution is 2.43. The Hall–Kier alpha value is -1.51. The molecule has 0 radical (unpaired) electrons. The normalized spacial score (nSPS) is 14.1. The van der Waals surface area contributed by atoms with Crippen LogP contribution < -0.4 is 5.32 Å². The number of nitrogens with one attached hydrogen (secondary N) is 1. The standard InChI is InChI=1S/C53H103N2O7P/c1-7-10-13-16-19-22-25-27-30-32-35-38-41-44-51(62-53(57)46-43-40-37-34-29-24-21-18-15-12-9-3)50(49-61-63(58,59)60-48-47-55(4,5)6)54-52(56)45-42-39-36-33-31-28-26-23-20-17-14-11-8-2/h18,21,41,44,50-51H,7-17,19-20,22-40,42-43,45-49H2,1-6H3,(H-,54,56,58,59)/p+1/b21-18-,44-41+. The largest absolute Gasteiger partial charge is 0.472 e. The van der Waals surface area contributed by atoms with Crippen molar-refractivity contribution in [1.82, 2.24) is 5.32 Å². The lowest BCUT2D eigenvalue weighted by Gasteiger charge is -2.27. The zero-order valence-electron chi connectivity index (χ0n) is 42.3. The molecule has 0 aliphatic heterocycles. The smallest absolute Gasteiger partial charge is 0.456 e. The van der Waals surface area contributed by atoms with E-state index in [0.717, 1.165) is 83.5 Å². The summed E-state index contributed by atoms with van der Waals surface area (Å²) in [6.07, 6.45) is 48.8. The van der Waals surface area contributed by atoms with Crippen LogP contribution in [0.4, 0.5) is 0 Å². The molecule has 2 N–H and O–H groups in total. The predicted octanol–water partition coefficient (Wildman–Crippen LogP) is 15.4. The quantitative estimate of drug-likeness (QED) is 0.0206. The van der Waals surface area contributed by atoms with E-state index in [9.17, 15) is 19.0 Å². The Labute approximate surface area is 390 Å². The molecule has 1 amide bonds. The van der Waals surface area contributed by atoms with Crippen molar-refractivity contribution < 1.29 is 37.3 Å². The average molecular weight is 912 g/mol. The molecule has 372 valence electrons. The van der Waals surface area contributed by atoms with Crippen molar-refractivity contribution in [2.75, 3.05) is 40.9 Å². The summed E-state index contributed by atoms with van der Waals surface area (Å²) in [5.74, 6) is -0.509. The third kappa shape index (κ3) is 45.4. The fourth-order valence-corrected chi connectivity index (χ4v) is 8.42. The Morgan fingerprint density at radius 2 is 0.937 bits per heavy atom. The number of rotatable bonds is 48. The maximum atomic E-state index is 13.4. The number of allylic oxidation sites excluding steroid dienone is 3. The number of likely N-dealkylation sites (N-methyl/N-ethyl adjacent to an activating group) is 1. The first-order chi connectivity index (χ1) is 30.4.